The van der Waals surface area contributed by atoms with Gasteiger partial charge in [0.25, 0.3) is 0 Å². The first-order chi connectivity index (χ1) is 12.2. The van der Waals surface area contributed by atoms with Crippen LogP contribution < -0.4 is 4.90 Å². The average molecular weight is 400 g/mol. The summed E-state index contributed by atoms with van der Waals surface area (Å²) in [7, 11) is 0. The minimum Gasteiger partial charge on any atom is -0.477 e. The predicted molar refractivity (Wildman–Crippen MR) is 98.6 cm³/mol. The number of ketones is 1. The summed E-state index contributed by atoms with van der Waals surface area (Å²) in [4.78, 5) is 52.6. The smallest absolute Gasteiger partial charge is 0.426 e. The van der Waals surface area contributed by atoms with Gasteiger partial charge in [-0.2, -0.15) is 4.90 Å². The van der Waals surface area contributed by atoms with Crippen LogP contribution in [0.4, 0.5) is 14.7 Å². The molecule has 0 saturated carbocycles. The van der Waals surface area contributed by atoms with Crippen molar-refractivity contribution in [3.8, 4) is 0 Å². The summed E-state index contributed by atoms with van der Waals surface area (Å²) in [5.41, 5.74) is -2.17. The van der Waals surface area contributed by atoms with E-state index in [1.54, 1.807) is 48.5 Å². The van der Waals surface area contributed by atoms with Gasteiger partial charge in [0.05, 0.1) is 0 Å². The van der Waals surface area contributed by atoms with Crippen LogP contribution in [0.5, 0.6) is 0 Å². The molecule has 0 aliphatic heterocycles. The van der Waals surface area contributed by atoms with Gasteiger partial charge < -0.3 is 14.6 Å². The number of ether oxygens (including phenoxy) is 2. The van der Waals surface area contributed by atoms with E-state index in [1.165, 1.54) is 0 Å². The van der Waals surface area contributed by atoms with Crippen LogP contribution in [0.1, 0.15) is 75.0 Å². The van der Waals surface area contributed by atoms with Crippen LogP contribution in [0.2, 0.25) is 0 Å². The third kappa shape index (κ3) is 6.31. The van der Waals surface area contributed by atoms with Crippen molar-refractivity contribution in [2.75, 3.05) is 4.90 Å². The Morgan fingerprint density at radius 2 is 1.44 bits per heavy atom. The van der Waals surface area contributed by atoms with Crippen molar-refractivity contribution in [3.05, 3.63) is 10.6 Å². The van der Waals surface area contributed by atoms with Gasteiger partial charge in [-0.3, -0.25) is 4.79 Å². The van der Waals surface area contributed by atoms with Crippen molar-refractivity contribution < 1.29 is 33.8 Å². The summed E-state index contributed by atoms with van der Waals surface area (Å²) in [6, 6.07) is 0. The number of nitrogens with zero attached hydrogens (tertiary/aromatic N) is 2. The zero-order valence-electron chi connectivity index (χ0n) is 16.4. The van der Waals surface area contributed by atoms with Crippen LogP contribution in [0.3, 0.4) is 0 Å². The maximum absolute atomic E-state index is 12.6. The average Bonchev–Trinajstić information content (AvgIpc) is 2.87. The van der Waals surface area contributed by atoms with E-state index in [1.807, 2.05) is 0 Å². The highest BCUT2D eigenvalue weighted by atomic mass is 32.1. The molecule has 0 fully saturated rings. The van der Waals surface area contributed by atoms with Gasteiger partial charge in [0.1, 0.15) is 21.8 Å². The number of anilines is 1. The molecule has 10 heteroatoms. The highest BCUT2D eigenvalue weighted by Gasteiger charge is 2.36. The maximum Gasteiger partial charge on any atom is 0.426 e. The summed E-state index contributed by atoms with van der Waals surface area (Å²) < 4.78 is 10.4. The Balaban J connectivity index is 3.46. The topological polar surface area (TPSA) is 123 Å². The first-order valence-electron chi connectivity index (χ1n) is 8.19. The van der Waals surface area contributed by atoms with Crippen molar-refractivity contribution in [2.45, 2.75) is 66.1 Å². The molecule has 1 N–H and O–H groups in total. The Bertz CT molecular complexity index is 728. The fourth-order valence-electron chi connectivity index (χ4n) is 1.75. The molecule has 0 atom stereocenters. The second-order valence-corrected chi connectivity index (χ2v) is 8.53. The number of amides is 2. The lowest BCUT2D eigenvalue weighted by Crippen LogP contribution is -2.43. The molecule has 2 amide bonds. The SMILES string of the molecule is CCC(=O)c1nc(N(C(=O)OC(C)(C)C)C(=O)OC(C)(C)C)sc1C(=O)O. The van der Waals surface area contributed by atoms with Gasteiger partial charge in [0.2, 0.25) is 5.13 Å². The number of hydrogen-bond donors (Lipinski definition) is 1. The van der Waals surface area contributed by atoms with Crippen LogP contribution in [-0.4, -0.2) is 45.2 Å². The Morgan fingerprint density at radius 1 is 1.00 bits per heavy atom. The van der Waals surface area contributed by atoms with E-state index in [4.69, 9.17) is 9.47 Å². The summed E-state index contributed by atoms with van der Waals surface area (Å²) >= 11 is 0.521. The van der Waals surface area contributed by atoms with E-state index in [0.29, 0.717) is 16.2 Å². The van der Waals surface area contributed by atoms with Gasteiger partial charge in [0.15, 0.2) is 5.78 Å². The molecule has 0 aliphatic rings. The summed E-state index contributed by atoms with van der Waals surface area (Å²) in [5.74, 6) is -1.91. The van der Waals surface area contributed by atoms with Crippen molar-refractivity contribution in [2.24, 2.45) is 0 Å². The largest absolute Gasteiger partial charge is 0.477 e. The van der Waals surface area contributed by atoms with Gasteiger partial charge in [-0.15, -0.1) is 0 Å². The van der Waals surface area contributed by atoms with Crippen molar-refractivity contribution in [1.82, 2.24) is 4.98 Å². The molecule has 0 bridgehead atoms. The Labute approximate surface area is 161 Å². The van der Waals surface area contributed by atoms with Gasteiger partial charge in [-0.05, 0) is 41.5 Å². The first-order valence-corrected chi connectivity index (χ1v) is 9.01. The Kier molecular flexibility index (Phi) is 6.71. The van der Waals surface area contributed by atoms with Crippen molar-refractivity contribution >= 4 is 40.4 Å². The van der Waals surface area contributed by atoms with Gasteiger partial charge >= 0.3 is 18.2 Å². The number of aromatic carboxylic acids is 1. The number of carboxylic acid groups (broad SMARTS) is 1. The third-order valence-corrected chi connectivity index (χ3v) is 3.77. The molecular weight excluding hydrogens is 376 g/mol. The number of imide groups is 1. The van der Waals surface area contributed by atoms with Crippen LogP contribution >= 0.6 is 11.3 Å². The van der Waals surface area contributed by atoms with Crippen LogP contribution in [0.25, 0.3) is 0 Å². The minimum atomic E-state index is -1.39. The molecule has 9 nitrogen and oxygen atoms in total. The standard InChI is InChI=1S/C17H24N2O7S/c1-8-9(20)10-11(12(21)22)27-13(18-10)19(14(23)25-16(2,3)4)15(24)26-17(5,6)7/h8H2,1-7H3,(H,21,22). The second kappa shape index (κ2) is 8.03. The maximum atomic E-state index is 12.6. The fraction of sp³-hybridized carbons (Fsp3) is 0.588. The molecule has 0 aromatic carbocycles. The molecule has 0 saturated heterocycles. The molecule has 1 aromatic heterocycles. The molecule has 1 rings (SSSR count). The molecule has 0 spiro atoms. The predicted octanol–water partition coefficient (Wildman–Crippen LogP) is 4.11. The normalized spacial score (nSPS) is 11.7. The van der Waals surface area contributed by atoms with Gasteiger partial charge in [-0.1, -0.05) is 18.3 Å². The van der Waals surface area contributed by atoms with E-state index in [2.05, 4.69) is 4.98 Å². The third-order valence-electron chi connectivity index (χ3n) is 2.74. The molecular formula is C17H24N2O7S. The van der Waals surface area contributed by atoms with E-state index >= 15 is 0 Å². The molecule has 0 aliphatic carbocycles. The van der Waals surface area contributed by atoms with Crippen LogP contribution in [0.15, 0.2) is 0 Å². The lowest BCUT2D eigenvalue weighted by molar-refractivity contribution is 0.0429. The Morgan fingerprint density at radius 3 is 1.78 bits per heavy atom. The van der Waals surface area contributed by atoms with E-state index in [0.717, 1.165) is 0 Å². The van der Waals surface area contributed by atoms with Crippen molar-refractivity contribution in [1.29, 1.82) is 0 Å². The number of rotatable bonds is 4. The quantitative estimate of drug-likeness (QED) is 0.749. The van der Waals surface area contributed by atoms with E-state index in [-0.39, 0.29) is 22.1 Å². The van der Waals surface area contributed by atoms with E-state index in [9.17, 15) is 24.3 Å². The highest BCUT2D eigenvalue weighted by Crippen LogP contribution is 2.30. The van der Waals surface area contributed by atoms with E-state index < -0.39 is 35.1 Å². The summed E-state index contributed by atoms with van der Waals surface area (Å²) in [5, 5.41) is 9.01. The van der Waals surface area contributed by atoms with Crippen molar-refractivity contribution in [3.63, 3.8) is 0 Å². The molecule has 27 heavy (non-hydrogen) atoms. The number of carbonyl (C=O) groups excluding carboxylic acids is 3. The highest BCUT2D eigenvalue weighted by molar-refractivity contribution is 7.18. The summed E-state index contributed by atoms with van der Waals surface area (Å²) in [6.07, 6.45) is -2.15. The van der Waals surface area contributed by atoms with Gasteiger partial charge in [-0.25, -0.2) is 19.4 Å². The number of aromatic nitrogens is 1. The molecule has 1 heterocycles. The van der Waals surface area contributed by atoms with Crippen LogP contribution in [-0.2, 0) is 9.47 Å². The summed E-state index contributed by atoms with van der Waals surface area (Å²) in [6.45, 7) is 11.2. The number of hydrogen-bond acceptors (Lipinski definition) is 8. The lowest BCUT2D eigenvalue weighted by Gasteiger charge is -2.27. The lowest BCUT2D eigenvalue weighted by atomic mass is 10.2. The molecule has 0 unspecified atom stereocenters. The fourth-order valence-corrected chi connectivity index (χ4v) is 2.66. The number of thiazole rings is 1. The number of carbonyl (C=O) groups is 4. The number of carboxylic acids is 1. The zero-order valence-corrected chi connectivity index (χ0v) is 17.2. The second-order valence-electron chi connectivity index (χ2n) is 7.55. The Hall–Kier alpha value is -2.49. The first kappa shape index (κ1) is 22.6. The molecule has 150 valence electrons. The number of Topliss-reactive ketones (excluding diaryl/α,β-unsaturated/α-hetero) is 1. The monoisotopic (exact) mass is 400 g/mol. The zero-order chi connectivity index (χ0) is 21.2. The minimum absolute atomic E-state index is 0.0162. The van der Waals surface area contributed by atoms with Crippen LogP contribution in [0, 0.1) is 0 Å². The molecule has 1 aromatic rings. The van der Waals surface area contributed by atoms with Gasteiger partial charge in [0, 0.05) is 6.42 Å². The molecule has 0 radical (unpaired) electrons.